The molecule has 0 atom stereocenters. The summed E-state index contributed by atoms with van der Waals surface area (Å²) in [6.07, 6.45) is 0. The van der Waals surface area contributed by atoms with Crippen LogP contribution in [0.15, 0.2) is 16.6 Å². The summed E-state index contributed by atoms with van der Waals surface area (Å²) in [6, 6.07) is 4.21. The summed E-state index contributed by atoms with van der Waals surface area (Å²) in [5, 5.41) is 14.8. The van der Waals surface area contributed by atoms with Gasteiger partial charge in [-0.25, -0.2) is 9.59 Å². The molecule has 0 spiro atoms. The van der Waals surface area contributed by atoms with Crippen LogP contribution in [0.1, 0.15) is 11.1 Å². The summed E-state index contributed by atoms with van der Waals surface area (Å²) >= 11 is 3.56. The Bertz CT molecular complexity index is 612. The lowest BCUT2D eigenvalue weighted by atomic mass is 10.1. The van der Waals surface area contributed by atoms with Crippen LogP contribution in [0.5, 0.6) is 5.75 Å². The second-order valence-electron chi connectivity index (χ2n) is 6.61. The van der Waals surface area contributed by atoms with Gasteiger partial charge >= 0.3 is 11.9 Å². The summed E-state index contributed by atoms with van der Waals surface area (Å²) in [4.78, 5) is 23.0. The highest BCUT2D eigenvalue weighted by atomic mass is 79.9. The summed E-state index contributed by atoms with van der Waals surface area (Å²) < 4.78 is 12.5. The Morgan fingerprint density at radius 3 is 2.18 bits per heavy atom. The minimum absolute atomic E-state index is 0.589. The number of carboxylic acid groups (broad SMARTS) is 2. The van der Waals surface area contributed by atoms with Crippen LogP contribution in [0.2, 0.25) is 0 Å². The van der Waals surface area contributed by atoms with Crippen molar-refractivity contribution in [2.75, 3.05) is 59.6 Å². The molecule has 8 nitrogen and oxygen atoms in total. The van der Waals surface area contributed by atoms with Crippen molar-refractivity contribution in [3.63, 3.8) is 0 Å². The molecule has 2 rings (SSSR count). The van der Waals surface area contributed by atoms with Gasteiger partial charge in [-0.3, -0.25) is 4.90 Å². The molecule has 0 bridgehead atoms. The molecule has 0 unspecified atom stereocenters. The Morgan fingerprint density at radius 2 is 1.64 bits per heavy atom. The van der Waals surface area contributed by atoms with E-state index in [2.05, 4.69) is 58.8 Å². The highest BCUT2D eigenvalue weighted by molar-refractivity contribution is 9.10. The van der Waals surface area contributed by atoms with Crippen LogP contribution in [0.25, 0.3) is 0 Å². The van der Waals surface area contributed by atoms with Crippen molar-refractivity contribution in [1.82, 2.24) is 9.80 Å². The zero-order valence-electron chi connectivity index (χ0n) is 16.6. The van der Waals surface area contributed by atoms with Crippen LogP contribution in [0.3, 0.4) is 0 Å². The fourth-order valence-electron chi connectivity index (χ4n) is 2.66. The van der Waals surface area contributed by atoms with E-state index in [1.54, 1.807) is 0 Å². The Balaban J connectivity index is 0.000000568. The summed E-state index contributed by atoms with van der Waals surface area (Å²) in [5.41, 5.74) is 2.39. The molecule has 158 valence electrons. The van der Waals surface area contributed by atoms with Gasteiger partial charge in [-0.05, 0) is 54.0 Å². The fourth-order valence-corrected chi connectivity index (χ4v) is 3.44. The monoisotopic (exact) mass is 460 g/mol. The van der Waals surface area contributed by atoms with Crippen molar-refractivity contribution in [2.45, 2.75) is 13.8 Å². The van der Waals surface area contributed by atoms with E-state index in [1.165, 1.54) is 5.56 Å². The molecule has 1 heterocycles. The minimum atomic E-state index is -1.82. The molecule has 2 N–H and O–H groups in total. The number of benzene rings is 1. The Hall–Kier alpha value is -1.68. The van der Waals surface area contributed by atoms with Crippen molar-refractivity contribution < 1.29 is 29.3 Å². The summed E-state index contributed by atoms with van der Waals surface area (Å²) in [6.45, 7) is 11.8. The molecular formula is C19H29BrN2O6. The lowest BCUT2D eigenvalue weighted by Gasteiger charge is -2.32. The first kappa shape index (κ1) is 24.4. The number of carboxylic acids is 2. The minimum Gasteiger partial charge on any atom is -0.490 e. The third kappa shape index (κ3) is 9.50. The first-order valence-electron chi connectivity index (χ1n) is 9.05. The van der Waals surface area contributed by atoms with Crippen LogP contribution < -0.4 is 4.74 Å². The molecule has 1 saturated heterocycles. The smallest absolute Gasteiger partial charge is 0.414 e. The Morgan fingerprint density at radius 1 is 1.04 bits per heavy atom. The average Bonchev–Trinajstić information content (AvgIpc) is 2.61. The number of carbonyl (C=O) groups is 2. The van der Waals surface area contributed by atoms with E-state index in [9.17, 15) is 0 Å². The molecule has 1 aromatic carbocycles. The van der Waals surface area contributed by atoms with Crippen molar-refractivity contribution in [3.8, 4) is 5.75 Å². The second-order valence-corrected chi connectivity index (χ2v) is 7.46. The summed E-state index contributed by atoms with van der Waals surface area (Å²) in [5.74, 6) is -2.72. The van der Waals surface area contributed by atoms with Gasteiger partial charge in [0.15, 0.2) is 0 Å². The van der Waals surface area contributed by atoms with E-state index < -0.39 is 11.9 Å². The quantitative estimate of drug-likeness (QED) is 0.469. The largest absolute Gasteiger partial charge is 0.490 e. The van der Waals surface area contributed by atoms with Crippen molar-refractivity contribution in [3.05, 3.63) is 27.7 Å². The second kappa shape index (κ2) is 12.7. The first-order chi connectivity index (χ1) is 13.2. The number of nitrogens with zero attached hydrogens (tertiary/aromatic N) is 2. The summed E-state index contributed by atoms with van der Waals surface area (Å²) in [7, 11) is 2.18. The van der Waals surface area contributed by atoms with Gasteiger partial charge in [0.25, 0.3) is 0 Å². The number of hydrogen-bond acceptors (Lipinski definition) is 6. The lowest BCUT2D eigenvalue weighted by Crippen LogP contribution is -2.45. The average molecular weight is 461 g/mol. The van der Waals surface area contributed by atoms with Gasteiger partial charge in [0, 0.05) is 32.7 Å². The number of rotatable bonds is 7. The molecule has 9 heteroatoms. The van der Waals surface area contributed by atoms with Gasteiger partial charge in [0.1, 0.15) is 12.4 Å². The van der Waals surface area contributed by atoms with E-state index in [4.69, 9.17) is 29.3 Å². The van der Waals surface area contributed by atoms with E-state index in [1.807, 2.05) is 0 Å². The van der Waals surface area contributed by atoms with Crippen LogP contribution in [-0.2, 0) is 14.3 Å². The van der Waals surface area contributed by atoms with Gasteiger partial charge in [-0.1, -0.05) is 6.07 Å². The van der Waals surface area contributed by atoms with Crippen LogP contribution in [-0.4, -0.2) is 91.5 Å². The number of likely N-dealkylation sites (N-methyl/N-ethyl adjacent to an activating group) is 1. The molecule has 28 heavy (non-hydrogen) atoms. The molecule has 1 fully saturated rings. The standard InChI is InChI=1S/C17H27BrN2O2.C2H2O4/c1-14-12-15(2)17(16(18)13-14)22-11-10-21-9-8-20-6-4-19(3)5-7-20;3-1(4)2(5)6/h12-13H,4-11H2,1-3H3;(H,3,4)(H,5,6). The van der Waals surface area contributed by atoms with Gasteiger partial charge in [0.2, 0.25) is 0 Å². The highest BCUT2D eigenvalue weighted by Gasteiger charge is 2.13. The third-order valence-electron chi connectivity index (χ3n) is 4.18. The maximum Gasteiger partial charge on any atom is 0.414 e. The van der Waals surface area contributed by atoms with Gasteiger partial charge in [-0.15, -0.1) is 0 Å². The van der Waals surface area contributed by atoms with Crippen molar-refractivity contribution >= 4 is 27.9 Å². The number of ether oxygens (including phenoxy) is 2. The fraction of sp³-hybridized carbons (Fsp3) is 0.579. The van der Waals surface area contributed by atoms with E-state index >= 15 is 0 Å². The molecule has 1 aliphatic rings. The van der Waals surface area contributed by atoms with E-state index in [0.29, 0.717) is 13.2 Å². The number of hydrogen-bond donors (Lipinski definition) is 2. The maximum absolute atomic E-state index is 9.10. The molecule has 0 aliphatic carbocycles. The molecular weight excluding hydrogens is 432 g/mol. The first-order valence-corrected chi connectivity index (χ1v) is 9.84. The molecule has 0 amide bonds. The number of piperazine rings is 1. The van der Waals surface area contributed by atoms with Gasteiger partial charge < -0.3 is 24.6 Å². The predicted octanol–water partition coefficient (Wildman–Crippen LogP) is 1.86. The maximum atomic E-state index is 9.10. The topological polar surface area (TPSA) is 99.5 Å². The Kier molecular flexibility index (Phi) is 11.1. The van der Waals surface area contributed by atoms with Gasteiger partial charge in [-0.2, -0.15) is 0 Å². The van der Waals surface area contributed by atoms with Crippen LogP contribution in [0, 0.1) is 13.8 Å². The molecule has 1 aliphatic heterocycles. The molecule has 0 aromatic heterocycles. The predicted molar refractivity (Wildman–Crippen MR) is 109 cm³/mol. The number of halogens is 1. The third-order valence-corrected chi connectivity index (χ3v) is 4.77. The number of aliphatic carboxylic acids is 2. The van der Waals surface area contributed by atoms with Gasteiger partial charge in [0.05, 0.1) is 17.7 Å². The SMILES string of the molecule is Cc1cc(C)c(OCCOCCN2CCN(C)CC2)c(Br)c1.O=C(O)C(=O)O. The zero-order valence-corrected chi connectivity index (χ0v) is 18.2. The van der Waals surface area contributed by atoms with Crippen molar-refractivity contribution in [1.29, 1.82) is 0 Å². The van der Waals surface area contributed by atoms with Crippen LogP contribution in [0.4, 0.5) is 0 Å². The van der Waals surface area contributed by atoms with E-state index in [0.717, 1.165) is 55.1 Å². The van der Waals surface area contributed by atoms with Crippen molar-refractivity contribution in [2.24, 2.45) is 0 Å². The molecule has 0 saturated carbocycles. The molecule has 1 aromatic rings. The normalized spacial score (nSPS) is 14.9. The number of aryl methyl sites for hydroxylation is 2. The lowest BCUT2D eigenvalue weighted by molar-refractivity contribution is -0.159. The van der Waals surface area contributed by atoms with Crippen LogP contribution >= 0.6 is 15.9 Å². The highest BCUT2D eigenvalue weighted by Crippen LogP contribution is 2.30. The Labute approximate surface area is 174 Å². The van der Waals surface area contributed by atoms with E-state index in [-0.39, 0.29) is 0 Å². The zero-order chi connectivity index (χ0) is 21.1. The molecule has 0 radical (unpaired) electrons.